The van der Waals surface area contributed by atoms with Crippen molar-refractivity contribution in [1.29, 1.82) is 0 Å². The van der Waals surface area contributed by atoms with Crippen LogP contribution in [0.15, 0.2) is 24.3 Å². The summed E-state index contributed by atoms with van der Waals surface area (Å²) in [5, 5.41) is 3.33. The zero-order valence-electron chi connectivity index (χ0n) is 13.4. The highest BCUT2D eigenvalue weighted by molar-refractivity contribution is 7.85. The summed E-state index contributed by atoms with van der Waals surface area (Å²) in [5.74, 6) is 2.34. The van der Waals surface area contributed by atoms with Gasteiger partial charge in [0.05, 0.1) is 0 Å². The fourth-order valence-corrected chi connectivity index (χ4v) is 4.97. The van der Waals surface area contributed by atoms with Gasteiger partial charge in [0, 0.05) is 28.3 Å². The Morgan fingerprint density at radius 2 is 1.90 bits per heavy atom. The molecule has 1 fully saturated rings. The first-order valence-electron chi connectivity index (χ1n) is 8.34. The molecule has 1 N–H and O–H groups in total. The van der Waals surface area contributed by atoms with Crippen LogP contribution in [0.3, 0.4) is 0 Å². The van der Waals surface area contributed by atoms with E-state index in [1.54, 1.807) is 0 Å². The molecule has 2 nitrogen and oxygen atoms in total. The zero-order valence-corrected chi connectivity index (χ0v) is 14.3. The first kappa shape index (κ1) is 16.7. The van der Waals surface area contributed by atoms with Gasteiger partial charge in [-0.2, -0.15) is 0 Å². The van der Waals surface area contributed by atoms with Crippen molar-refractivity contribution < 1.29 is 4.21 Å². The van der Waals surface area contributed by atoms with Gasteiger partial charge in [-0.1, -0.05) is 50.5 Å². The van der Waals surface area contributed by atoms with E-state index in [2.05, 4.69) is 36.5 Å². The minimum absolute atomic E-state index is 0.211. The molecule has 0 spiro atoms. The molecule has 2 rings (SSSR count). The van der Waals surface area contributed by atoms with Crippen molar-refractivity contribution in [2.24, 2.45) is 5.92 Å². The molecule has 1 saturated carbocycles. The maximum atomic E-state index is 12.4. The SMILES string of the molecule is CCCc1ccc(C(CS(=O)CC2CCCC2)NC)cc1. The Bertz CT molecular complexity index is 437. The van der Waals surface area contributed by atoms with Crippen molar-refractivity contribution in [1.82, 2.24) is 5.32 Å². The van der Waals surface area contributed by atoms with E-state index in [-0.39, 0.29) is 6.04 Å². The van der Waals surface area contributed by atoms with Crippen LogP contribution in [0.2, 0.25) is 0 Å². The predicted molar refractivity (Wildman–Crippen MR) is 92.1 cm³/mol. The molecule has 1 aliphatic rings. The maximum absolute atomic E-state index is 12.4. The van der Waals surface area contributed by atoms with E-state index in [0.29, 0.717) is 5.92 Å². The molecular weight excluding hydrogens is 278 g/mol. The maximum Gasteiger partial charge on any atom is 0.0434 e. The Hall–Kier alpha value is -0.670. The van der Waals surface area contributed by atoms with E-state index in [1.807, 2.05) is 7.05 Å². The highest BCUT2D eigenvalue weighted by Gasteiger charge is 2.20. The van der Waals surface area contributed by atoms with Gasteiger partial charge in [0.1, 0.15) is 0 Å². The highest BCUT2D eigenvalue weighted by atomic mass is 32.2. The van der Waals surface area contributed by atoms with Gasteiger partial charge in [-0.05, 0) is 43.4 Å². The van der Waals surface area contributed by atoms with E-state index in [9.17, 15) is 4.21 Å². The van der Waals surface area contributed by atoms with Gasteiger partial charge in [0.15, 0.2) is 0 Å². The standard InChI is InChI=1S/C18H29NOS/c1-3-6-15-9-11-17(12-10-15)18(19-2)14-21(20)13-16-7-4-5-8-16/h9-12,16,18-19H,3-8,13-14H2,1-2H3. The summed E-state index contributed by atoms with van der Waals surface area (Å²) in [4.78, 5) is 0. The first-order chi connectivity index (χ1) is 10.2. The molecule has 2 unspecified atom stereocenters. The monoisotopic (exact) mass is 307 g/mol. The van der Waals surface area contributed by atoms with E-state index in [0.717, 1.165) is 17.9 Å². The molecule has 21 heavy (non-hydrogen) atoms. The van der Waals surface area contributed by atoms with Gasteiger partial charge >= 0.3 is 0 Å². The van der Waals surface area contributed by atoms with Gasteiger partial charge in [-0.25, -0.2) is 0 Å². The summed E-state index contributed by atoms with van der Waals surface area (Å²) >= 11 is 0. The topological polar surface area (TPSA) is 29.1 Å². The molecule has 2 atom stereocenters. The molecule has 0 amide bonds. The van der Waals surface area contributed by atoms with Crippen LogP contribution in [0.4, 0.5) is 0 Å². The van der Waals surface area contributed by atoms with Crippen LogP contribution >= 0.6 is 0 Å². The molecule has 1 aromatic rings. The van der Waals surface area contributed by atoms with Gasteiger partial charge in [0.2, 0.25) is 0 Å². The van der Waals surface area contributed by atoms with Gasteiger partial charge in [0.25, 0.3) is 0 Å². The second-order valence-electron chi connectivity index (χ2n) is 6.26. The lowest BCUT2D eigenvalue weighted by Gasteiger charge is -2.18. The van der Waals surface area contributed by atoms with Gasteiger partial charge < -0.3 is 5.32 Å². The molecule has 118 valence electrons. The lowest BCUT2D eigenvalue weighted by atomic mass is 10.0. The van der Waals surface area contributed by atoms with Crippen molar-refractivity contribution in [3.63, 3.8) is 0 Å². The Balaban J connectivity index is 1.90. The lowest BCUT2D eigenvalue weighted by molar-refractivity contribution is 0.594. The van der Waals surface area contributed by atoms with Gasteiger partial charge in [-0.15, -0.1) is 0 Å². The molecule has 3 heteroatoms. The van der Waals surface area contributed by atoms with Crippen molar-refractivity contribution in [3.05, 3.63) is 35.4 Å². The summed E-state index contributed by atoms with van der Waals surface area (Å²) in [6.45, 7) is 2.20. The smallest absolute Gasteiger partial charge is 0.0434 e. The summed E-state index contributed by atoms with van der Waals surface area (Å²) in [6.07, 6.45) is 7.54. The average molecular weight is 308 g/mol. The number of nitrogens with one attached hydrogen (secondary N) is 1. The summed E-state index contributed by atoms with van der Waals surface area (Å²) in [7, 11) is 1.26. The molecule has 0 saturated heterocycles. The van der Waals surface area contributed by atoms with Crippen LogP contribution in [0.25, 0.3) is 0 Å². The second kappa shape index (κ2) is 8.70. The average Bonchev–Trinajstić information content (AvgIpc) is 2.99. The minimum Gasteiger partial charge on any atom is -0.312 e. The van der Waals surface area contributed by atoms with Crippen LogP contribution in [0, 0.1) is 5.92 Å². The Labute approximate surface area is 132 Å². The van der Waals surface area contributed by atoms with E-state index >= 15 is 0 Å². The second-order valence-corrected chi connectivity index (χ2v) is 7.80. The largest absolute Gasteiger partial charge is 0.312 e. The van der Waals surface area contributed by atoms with Crippen LogP contribution in [0.1, 0.15) is 56.2 Å². The number of aryl methyl sites for hydroxylation is 1. The molecule has 1 aliphatic carbocycles. The van der Waals surface area contributed by atoms with Crippen LogP contribution in [-0.2, 0) is 17.2 Å². The Morgan fingerprint density at radius 3 is 2.48 bits per heavy atom. The third-order valence-corrected chi connectivity index (χ3v) is 6.07. The van der Waals surface area contributed by atoms with E-state index in [4.69, 9.17) is 0 Å². The highest BCUT2D eigenvalue weighted by Crippen LogP contribution is 2.26. The molecule has 0 heterocycles. The van der Waals surface area contributed by atoms with E-state index in [1.165, 1.54) is 43.2 Å². The molecule has 1 aromatic carbocycles. The molecule has 0 aliphatic heterocycles. The quantitative estimate of drug-likeness (QED) is 0.790. The number of benzene rings is 1. The van der Waals surface area contributed by atoms with Crippen molar-refractivity contribution in [3.8, 4) is 0 Å². The Kier molecular flexibility index (Phi) is 6.91. The van der Waals surface area contributed by atoms with Crippen molar-refractivity contribution in [2.45, 2.75) is 51.5 Å². The molecular formula is C18H29NOS. The summed E-state index contributed by atoms with van der Waals surface area (Å²) < 4.78 is 12.4. The van der Waals surface area contributed by atoms with Crippen molar-refractivity contribution in [2.75, 3.05) is 18.6 Å². The molecule has 0 radical (unpaired) electrons. The van der Waals surface area contributed by atoms with E-state index < -0.39 is 10.8 Å². The lowest BCUT2D eigenvalue weighted by Crippen LogP contribution is -2.25. The number of hydrogen-bond acceptors (Lipinski definition) is 2. The third-order valence-electron chi connectivity index (χ3n) is 4.52. The van der Waals surface area contributed by atoms with Crippen LogP contribution < -0.4 is 5.32 Å². The van der Waals surface area contributed by atoms with Gasteiger partial charge in [-0.3, -0.25) is 4.21 Å². The Morgan fingerprint density at radius 1 is 1.24 bits per heavy atom. The first-order valence-corrected chi connectivity index (χ1v) is 9.82. The summed E-state index contributed by atoms with van der Waals surface area (Å²) in [5.41, 5.74) is 2.65. The number of rotatable bonds is 8. The van der Waals surface area contributed by atoms with Crippen LogP contribution in [-0.4, -0.2) is 22.8 Å². The minimum atomic E-state index is -0.712. The summed E-state index contributed by atoms with van der Waals surface area (Å²) in [6, 6.07) is 9.02. The molecule has 0 bridgehead atoms. The number of hydrogen-bond donors (Lipinski definition) is 1. The predicted octanol–water partition coefficient (Wildman–Crippen LogP) is 3.84. The molecule has 0 aromatic heterocycles. The normalized spacial score (nSPS) is 18.8. The fraction of sp³-hybridized carbons (Fsp3) is 0.667. The third kappa shape index (κ3) is 5.23. The fourth-order valence-electron chi connectivity index (χ4n) is 3.25. The van der Waals surface area contributed by atoms with Crippen molar-refractivity contribution >= 4 is 10.8 Å². The van der Waals surface area contributed by atoms with Crippen LogP contribution in [0.5, 0.6) is 0 Å². The zero-order chi connectivity index (χ0) is 15.1.